The van der Waals surface area contributed by atoms with E-state index in [1.54, 1.807) is 0 Å². The fraction of sp³-hybridized carbons (Fsp3) is 0.333. The van der Waals surface area contributed by atoms with Crippen molar-refractivity contribution in [2.45, 2.75) is 19.3 Å². The van der Waals surface area contributed by atoms with Crippen LogP contribution in [-0.2, 0) is 16.0 Å². The fourth-order valence-corrected chi connectivity index (χ4v) is 4.18. The van der Waals surface area contributed by atoms with E-state index in [0.29, 0.717) is 34.4 Å². The third kappa shape index (κ3) is 3.55. The molecule has 2 aromatic rings. The van der Waals surface area contributed by atoms with Gasteiger partial charge in [0.15, 0.2) is 5.13 Å². The first-order valence-corrected chi connectivity index (χ1v) is 9.47. The summed E-state index contributed by atoms with van der Waals surface area (Å²) in [4.78, 5) is 43.2. The Hall–Kier alpha value is -2.81. The van der Waals surface area contributed by atoms with Crippen LogP contribution < -0.4 is 15.5 Å². The highest BCUT2D eigenvalue weighted by molar-refractivity contribution is 7.17. The molecular weight excluding hydrogens is 371 g/mol. The van der Waals surface area contributed by atoms with Gasteiger partial charge in [-0.1, -0.05) is 11.3 Å². The smallest absolute Gasteiger partial charge is 0.263 e. The van der Waals surface area contributed by atoms with Gasteiger partial charge in [-0.2, -0.15) is 0 Å². The maximum atomic E-state index is 13.1. The summed E-state index contributed by atoms with van der Waals surface area (Å²) in [5, 5.41) is 5.90. The number of carbonyl (C=O) groups excluding carboxylic acids is 3. The van der Waals surface area contributed by atoms with E-state index in [1.165, 1.54) is 29.2 Å². The van der Waals surface area contributed by atoms with Crippen LogP contribution in [0.25, 0.3) is 0 Å². The van der Waals surface area contributed by atoms with Gasteiger partial charge in [0.05, 0.1) is 11.6 Å². The van der Waals surface area contributed by atoms with E-state index in [-0.39, 0.29) is 36.5 Å². The van der Waals surface area contributed by atoms with Crippen molar-refractivity contribution in [3.8, 4) is 0 Å². The van der Waals surface area contributed by atoms with Gasteiger partial charge in [-0.05, 0) is 37.1 Å². The molecule has 0 bridgehead atoms. The second kappa shape index (κ2) is 7.07. The molecule has 1 saturated heterocycles. The van der Waals surface area contributed by atoms with Gasteiger partial charge in [0, 0.05) is 25.2 Å². The number of nitrogens with zero attached hydrogens (tertiary/aromatic N) is 2. The minimum Gasteiger partial charge on any atom is -0.351 e. The highest BCUT2D eigenvalue weighted by Crippen LogP contribution is 2.29. The lowest BCUT2D eigenvalue weighted by Crippen LogP contribution is -2.28. The summed E-state index contributed by atoms with van der Waals surface area (Å²) in [5.41, 5.74) is 1.26. The van der Waals surface area contributed by atoms with Crippen molar-refractivity contribution in [2.24, 2.45) is 5.92 Å². The molecule has 1 aromatic carbocycles. The molecule has 3 amide bonds. The predicted molar refractivity (Wildman–Crippen MR) is 98.3 cm³/mol. The molecule has 1 fully saturated rings. The quantitative estimate of drug-likeness (QED) is 0.841. The maximum Gasteiger partial charge on any atom is 0.263 e. The van der Waals surface area contributed by atoms with Crippen LogP contribution in [0.4, 0.5) is 15.2 Å². The number of carbonyl (C=O) groups is 3. The molecule has 1 aromatic heterocycles. The maximum absolute atomic E-state index is 13.1. The number of halogens is 1. The Morgan fingerprint density at radius 2 is 2.07 bits per heavy atom. The SMILES string of the molecule is O=C1NCCCc2nc(NC(=O)C3CC(=O)N(c4ccc(F)cc4)C3)sc21. The molecule has 0 aliphatic carbocycles. The van der Waals surface area contributed by atoms with Gasteiger partial charge in [-0.3, -0.25) is 14.4 Å². The summed E-state index contributed by atoms with van der Waals surface area (Å²) in [7, 11) is 0. The van der Waals surface area contributed by atoms with E-state index in [4.69, 9.17) is 0 Å². The number of rotatable bonds is 3. The number of benzene rings is 1. The van der Waals surface area contributed by atoms with Crippen LogP contribution >= 0.6 is 11.3 Å². The number of hydrogen-bond donors (Lipinski definition) is 2. The van der Waals surface area contributed by atoms with Crippen molar-refractivity contribution >= 4 is 39.9 Å². The van der Waals surface area contributed by atoms with E-state index in [1.807, 2.05) is 0 Å². The topological polar surface area (TPSA) is 91.4 Å². The van der Waals surface area contributed by atoms with Crippen LogP contribution in [-0.4, -0.2) is 35.8 Å². The Morgan fingerprint density at radius 3 is 2.85 bits per heavy atom. The molecular formula is C18H17FN4O3S. The second-order valence-corrected chi connectivity index (χ2v) is 7.52. The van der Waals surface area contributed by atoms with Crippen LogP contribution in [0.2, 0.25) is 0 Å². The molecule has 3 heterocycles. The third-order valence-electron chi connectivity index (χ3n) is 4.64. The first kappa shape index (κ1) is 17.6. The molecule has 7 nitrogen and oxygen atoms in total. The van der Waals surface area contributed by atoms with E-state index in [0.717, 1.165) is 17.8 Å². The fourth-order valence-electron chi connectivity index (χ4n) is 3.25. The molecule has 2 aliphatic heterocycles. The minimum atomic E-state index is -0.528. The number of anilines is 2. The van der Waals surface area contributed by atoms with Crippen molar-refractivity contribution < 1.29 is 18.8 Å². The van der Waals surface area contributed by atoms with Crippen molar-refractivity contribution in [2.75, 3.05) is 23.3 Å². The highest BCUT2D eigenvalue weighted by Gasteiger charge is 2.35. The normalized spacial score (nSPS) is 19.4. The summed E-state index contributed by atoms with van der Waals surface area (Å²) in [6.45, 7) is 0.842. The molecule has 0 saturated carbocycles. The molecule has 9 heteroatoms. The standard InChI is InChI=1S/C18H17FN4O3S/c19-11-3-5-12(6-4-11)23-9-10(8-14(23)24)16(25)22-18-21-13-2-1-7-20-17(26)15(13)27-18/h3-6,10H,1-2,7-9H2,(H,20,26)(H,21,22,25). The number of aromatic nitrogens is 1. The Morgan fingerprint density at radius 1 is 1.30 bits per heavy atom. The van der Waals surface area contributed by atoms with E-state index in [9.17, 15) is 18.8 Å². The van der Waals surface area contributed by atoms with Gasteiger partial charge >= 0.3 is 0 Å². The first-order valence-electron chi connectivity index (χ1n) is 8.66. The summed E-state index contributed by atoms with van der Waals surface area (Å²) in [5.74, 6) is -1.57. The van der Waals surface area contributed by atoms with Crippen molar-refractivity contribution in [3.05, 3.63) is 40.7 Å². The van der Waals surface area contributed by atoms with Crippen LogP contribution in [0.5, 0.6) is 0 Å². The van der Waals surface area contributed by atoms with Crippen molar-refractivity contribution in [1.82, 2.24) is 10.3 Å². The monoisotopic (exact) mass is 388 g/mol. The van der Waals surface area contributed by atoms with Crippen LogP contribution in [0, 0.1) is 11.7 Å². The molecule has 0 radical (unpaired) electrons. The van der Waals surface area contributed by atoms with E-state index >= 15 is 0 Å². The summed E-state index contributed by atoms with van der Waals surface area (Å²) < 4.78 is 13.1. The minimum absolute atomic E-state index is 0.0782. The zero-order valence-electron chi connectivity index (χ0n) is 14.3. The van der Waals surface area contributed by atoms with Gasteiger partial charge in [0.25, 0.3) is 5.91 Å². The molecule has 2 aliphatic rings. The first-order chi connectivity index (χ1) is 13.0. The van der Waals surface area contributed by atoms with E-state index < -0.39 is 5.92 Å². The average molecular weight is 388 g/mol. The number of thiazole rings is 1. The Bertz CT molecular complexity index is 912. The highest BCUT2D eigenvalue weighted by atomic mass is 32.1. The predicted octanol–water partition coefficient (Wildman–Crippen LogP) is 1.95. The zero-order valence-corrected chi connectivity index (χ0v) is 15.1. The molecule has 140 valence electrons. The van der Waals surface area contributed by atoms with Crippen LogP contribution in [0.3, 0.4) is 0 Å². The number of nitrogens with one attached hydrogen (secondary N) is 2. The zero-order chi connectivity index (χ0) is 19.0. The van der Waals surface area contributed by atoms with Crippen molar-refractivity contribution in [3.63, 3.8) is 0 Å². The number of aryl methyl sites for hydroxylation is 1. The number of fused-ring (bicyclic) bond motifs is 1. The molecule has 1 atom stereocenters. The van der Waals surface area contributed by atoms with Crippen LogP contribution in [0.15, 0.2) is 24.3 Å². The Labute approximate surface area is 158 Å². The van der Waals surface area contributed by atoms with Crippen molar-refractivity contribution in [1.29, 1.82) is 0 Å². The van der Waals surface area contributed by atoms with Crippen LogP contribution in [0.1, 0.15) is 28.2 Å². The second-order valence-electron chi connectivity index (χ2n) is 6.53. The molecule has 27 heavy (non-hydrogen) atoms. The lowest BCUT2D eigenvalue weighted by atomic mass is 10.1. The summed E-state index contributed by atoms with van der Waals surface area (Å²) >= 11 is 1.15. The van der Waals surface area contributed by atoms with Gasteiger partial charge < -0.3 is 15.5 Å². The van der Waals surface area contributed by atoms with Gasteiger partial charge in [0.1, 0.15) is 10.7 Å². The van der Waals surface area contributed by atoms with E-state index in [2.05, 4.69) is 15.6 Å². The Balaban J connectivity index is 1.45. The van der Waals surface area contributed by atoms with Gasteiger partial charge in [-0.25, -0.2) is 9.37 Å². The third-order valence-corrected chi connectivity index (χ3v) is 5.66. The Kier molecular flexibility index (Phi) is 4.61. The number of amides is 3. The molecule has 2 N–H and O–H groups in total. The lowest BCUT2D eigenvalue weighted by molar-refractivity contribution is -0.122. The summed E-state index contributed by atoms with van der Waals surface area (Å²) in [6, 6.07) is 5.60. The molecule has 1 unspecified atom stereocenters. The summed E-state index contributed by atoms with van der Waals surface area (Å²) in [6.07, 6.45) is 1.56. The largest absolute Gasteiger partial charge is 0.351 e. The molecule has 0 spiro atoms. The van der Waals surface area contributed by atoms with Gasteiger partial charge in [-0.15, -0.1) is 0 Å². The lowest BCUT2D eigenvalue weighted by Gasteiger charge is -2.16. The van der Waals surface area contributed by atoms with Gasteiger partial charge in [0.2, 0.25) is 11.8 Å². The molecule has 4 rings (SSSR count). The number of hydrogen-bond acceptors (Lipinski definition) is 5. The average Bonchev–Trinajstić information content (AvgIpc) is 3.18.